The number of rotatable bonds is 5. The molecule has 0 saturated heterocycles. The van der Waals surface area contributed by atoms with Crippen LogP contribution in [0.5, 0.6) is 0 Å². The van der Waals surface area contributed by atoms with Gasteiger partial charge >= 0.3 is 6.16 Å². The number of nitrogen functional groups attached to an aromatic ring is 1. The predicted molar refractivity (Wildman–Crippen MR) is 60.6 cm³/mol. The molecule has 1 rings (SSSR count). The van der Waals surface area contributed by atoms with Crippen LogP contribution in [0.15, 0.2) is 10.5 Å². The number of carbonyl (C=O) groups is 2. The van der Waals surface area contributed by atoms with Gasteiger partial charge in [0.1, 0.15) is 12.3 Å². The average molecular weight is 258 g/mol. The Morgan fingerprint density at radius 1 is 1.65 bits per heavy atom. The number of aldehydes is 1. The highest BCUT2D eigenvalue weighted by Crippen LogP contribution is 2.11. The molecule has 0 bridgehead atoms. The van der Waals surface area contributed by atoms with Gasteiger partial charge in [-0.05, 0) is 0 Å². The van der Waals surface area contributed by atoms with Crippen LogP contribution in [0.4, 0.5) is 9.93 Å². The Bertz CT molecular complexity index is 431. The maximum atomic E-state index is 10.9. The van der Waals surface area contributed by atoms with Gasteiger partial charge in [-0.25, -0.2) is 9.78 Å². The molecule has 9 heteroatoms. The quantitative estimate of drug-likeness (QED) is 0.244. The van der Waals surface area contributed by atoms with Crippen molar-refractivity contribution in [2.24, 2.45) is 10.9 Å². The molecule has 0 amide bonds. The maximum absolute atomic E-state index is 10.9. The highest BCUT2D eigenvalue weighted by molar-refractivity contribution is 7.13. The van der Waals surface area contributed by atoms with E-state index in [-0.39, 0.29) is 29.7 Å². The summed E-state index contributed by atoms with van der Waals surface area (Å²) in [5.74, 6) is 0. The Morgan fingerprint density at radius 2 is 2.41 bits per heavy atom. The van der Waals surface area contributed by atoms with E-state index < -0.39 is 6.16 Å². The molecule has 1 aromatic heterocycles. The van der Waals surface area contributed by atoms with Crippen LogP contribution in [0, 0.1) is 0 Å². The SMILES string of the molecule is NCCOC(=O)O/N=C(\C=O)c1csc(N)n1. The molecule has 0 aliphatic rings. The lowest BCUT2D eigenvalue weighted by Crippen LogP contribution is -2.14. The molecule has 0 fully saturated rings. The van der Waals surface area contributed by atoms with E-state index in [0.717, 1.165) is 11.3 Å². The minimum atomic E-state index is -1.04. The summed E-state index contributed by atoms with van der Waals surface area (Å²) in [6.07, 6.45) is -0.650. The maximum Gasteiger partial charge on any atom is 0.535 e. The second kappa shape index (κ2) is 6.55. The van der Waals surface area contributed by atoms with E-state index in [1.807, 2.05) is 0 Å². The molecule has 0 atom stereocenters. The zero-order chi connectivity index (χ0) is 12.7. The normalized spacial score (nSPS) is 11.0. The summed E-state index contributed by atoms with van der Waals surface area (Å²) >= 11 is 1.13. The summed E-state index contributed by atoms with van der Waals surface area (Å²) in [5, 5.41) is 5.09. The molecular formula is C8H10N4O4S. The lowest BCUT2D eigenvalue weighted by atomic mass is 10.3. The number of thiazole rings is 1. The topological polar surface area (TPSA) is 130 Å². The van der Waals surface area contributed by atoms with Gasteiger partial charge in [-0.2, -0.15) is 0 Å². The molecule has 0 unspecified atom stereocenters. The fourth-order valence-electron chi connectivity index (χ4n) is 0.789. The number of aromatic nitrogens is 1. The van der Waals surface area contributed by atoms with Gasteiger partial charge in [0.05, 0.1) is 0 Å². The van der Waals surface area contributed by atoms with E-state index in [0.29, 0.717) is 6.29 Å². The van der Waals surface area contributed by atoms with Crippen molar-refractivity contribution in [1.82, 2.24) is 4.98 Å². The summed E-state index contributed by atoms with van der Waals surface area (Å²) in [6, 6.07) is 0. The summed E-state index contributed by atoms with van der Waals surface area (Å²) in [6.45, 7) is 0.177. The fourth-order valence-corrected chi connectivity index (χ4v) is 1.35. The number of hydrogen-bond donors (Lipinski definition) is 2. The lowest BCUT2D eigenvalue weighted by Gasteiger charge is -1.99. The van der Waals surface area contributed by atoms with Crippen LogP contribution in [0.3, 0.4) is 0 Å². The number of nitrogens with two attached hydrogens (primary N) is 2. The number of hydrogen-bond acceptors (Lipinski definition) is 9. The third-order valence-electron chi connectivity index (χ3n) is 1.45. The average Bonchev–Trinajstić information content (AvgIpc) is 2.74. The van der Waals surface area contributed by atoms with Gasteiger partial charge in [-0.1, -0.05) is 5.16 Å². The van der Waals surface area contributed by atoms with E-state index in [2.05, 4.69) is 19.7 Å². The summed E-state index contributed by atoms with van der Waals surface area (Å²) in [7, 11) is 0. The number of oxime groups is 1. The lowest BCUT2D eigenvalue weighted by molar-refractivity contribution is -0.102. The second-order valence-corrected chi connectivity index (χ2v) is 3.53. The van der Waals surface area contributed by atoms with Gasteiger partial charge in [-0.3, -0.25) is 9.63 Å². The molecule has 0 spiro atoms. The molecule has 0 saturated carbocycles. The van der Waals surface area contributed by atoms with E-state index in [1.54, 1.807) is 0 Å². The van der Waals surface area contributed by atoms with Crippen LogP contribution in [0.25, 0.3) is 0 Å². The molecule has 0 radical (unpaired) electrons. The van der Waals surface area contributed by atoms with Gasteiger partial charge in [0.2, 0.25) is 0 Å². The Hall–Kier alpha value is -2.00. The third-order valence-corrected chi connectivity index (χ3v) is 2.13. The molecule has 1 heterocycles. The van der Waals surface area contributed by atoms with Crippen LogP contribution in [0.2, 0.25) is 0 Å². The standard InChI is InChI=1S/C8H10N4O4S/c9-1-2-15-8(14)16-12-5(3-13)6-4-17-7(10)11-6/h3-4H,1-2,9H2,(H2,10,11)/b12-5+. The highest BCUT2D eigenvalue weighted by Gasteiger charge is 2.09. The van der Waals surface area contributed by atoms with Crippen molar-refractivity contribution in [3.05, 3.63) is 11.1 Å². The number of anilines is 1. The molecule has 1 aromatic rings. The smallest absolute Gasteiger partial charge is 0.431 e. The predicted octanol–water partition coefficient (Wildman–Crippen LogP) is -0.260. The Labute approximate surface area is 100 Å². The number of ether oxygens (including phenoxy) is 1. The van der Waals surface area contributed by atoms with Crippen molar-refractivity contribution in [3.63, 3.8) is 0 Å². The van der Waals surface area contributed by atoms with Crippen molar-refractivity contribution < 1.29 is 19.2 Å². The van der Waals surface area contributed by atoms with Crippen molar-refractivity contribution in [2.75, 3.05) is 18.9 Å². The van der Waals surface area contributed by atoms with E-state index in [4.69, 9.17) is 11.5 Å². The summed E-state index contributed by atoms with van der Waals surface area (Å²) < 4.78 is 4.48. The molecule has 4 N–H and O–H groups in total. The Kier molecular flexibility index (Phi) is 5.04. The van der Waals surface area contributed by atoms with Crippen LogP contribution >= 0.6 is 11.3 Å². The van der Waals surface area contributed by atoms with E-state index >= 15 is 0 Å². The van der Waals surface area contributed by atoms with E-state index in [9.17, 15) is 9.59 Å². The molecular weight excluding hydrogens is 248 g/mol. The Morgan fingerprint density at radius 3 is 2.94 bits per heavy atom. The number of nitrogens with zero attached hydrogens (tertiary/aromatic N) is 2. The first-order valence-electron chi connectivity index (χ1n) is 4.45. The van der Waals surface area contributed by atoms with Crippen molar-refractivity contribution in [3.8, 4) is 0 Å². The van der Waals surface area contributed by atoms with E-state index in [1.165, 1.54) is 5.38 Å². The van der Waals surface area contributed by atoms with Gasteiger partial charge in [0.25, 0.3) is 0 Å². The Balaban J connectivity index is 2.62. The molecule has 8 nitrogen and oxygen atoms in total. The molecule has 92 valence electrons. The zero-order valence-corrected chi connectivity index (χ0v) is 9.48. The number of carbonyl (C=O) groups excluding carboxylic acids is 2. The van der Waals surface area contributed by atoms with Crippen LogP contribution in [-0.4, -0.2) is 36.3 Å². The summed E-state index contributed by atoms with van der Waals surface area (Å²) in [4.78, 5) is 29.7. The van der Waals surface area contributed by atoms with Gasteiger partial charge in [-0.15, -0.1) is 11.3 Å². The van der Waals surface area contributed by atoms with Crippen LogP contribution in [-0.2, 0) is 14.4 Å². The monoisotopic (exact) mass is 258 g/mol. The first-order chi connectivity index (χ1) is 8.17. The minimum Gasteiger partial charge on any atom is -0.431 e. The second-order valence-electron chi connectivity index (χ2n) is 2.64. The molecule has 17 heavy (non-hydrogen) atoms. The van der Waals surface area contributed by atoms with Crippen molar-refractivity contribution in [2.45, 2.75) is 0 Å². The van der Waals surface area contributed by atoms with Gasteiger partial charge in [0.15, 0.2) is 17.1 Å². The molecule has 0 aliphatic carbocycles. The third kappa shape index (κ3) is 4.17. The van der Waals surface area contributed by atoms with Gasteiger partial charge < -0.3 is 16.2 Å². The van der Waals surface area contributed by atoms with Crippen LogP contribution < -0.4 is 11.5 Å². The van der Waals surface area contributed by atoms with Gasteiger partial charge in [0, 0.05) is 11.9 Å². The first kappa shape index (κ1) is 13.1. The largest absolute Gasteiger partial charge is 0.535 e. The zero-order valence-electron chi connectivity index (χ0n) is 8.66. The molecule has 0 aliphatic heterocycles. The molecule has 0 aromatic carbocycles. The van der Waals surface area contributed by atoms with Crippen molar-refractivity contribution in [1.29, 1.82) is 0 Å². The minimum absolute atomic E-state index is 0.00836. The fraction of sp³-hybridized carbons (Fsp3) is 0.250. The first-order valence-corrected chi connectivity index (χ1v) is 5.33. The van der Waals surface area contributed by atoms with Crippen molar-refractivity contribution >= 4 is 34.6 Å². The summed E-state index contributed by atoms with van der Waals surface area (Å²) in [5.41, 5.74) is 10.6. The highest BCUT2D eigenvalue weighted by atomic mass is 32.1. The van der Waals surface area contributed by atoms with Crippen LogP contribution in [0.1, 0.15) is 5.69 Å².